The summed E-state index contributed by atoms with van der Waals surface area (Å²) in [5.74, 6) is -0.0376. The molecule has 6 heteroatoms. The number of rotatable bonds is 6. The monoisotopic (exact) mass is 305 g/mol. The van der Waals surface area contributed by atoms with Crippen molar-refractivity contribution < 1.29 is 24.5 Å². The summed E-state index contributed by atoms with van der Waals surface area (Å²) in [5.41, 5.74) is 1.23. The summed E-state index contributed by atoms with van der Waals surface area (Å²) in [6.45, 7) is 1.93. The Labute approximate surface area is 128 Å². The van der Waals surface area contributed by atoms with Gasteiger partial charge in [-0.05, 0) is 30.7 Å². The fourth-order valence-electron chi connectivity index (χ4n) is 2.15. The third kappa shape index (κ3) is 3.72. The molecule has 2 aromatic rings. The summed E-state index contributed by atoms with van der Waals surface area (Å²) >= 11 is 0. The molecular formula is C16H19NO5. The Hall–Kier alpha value is -2.18. The number of aromatic nitrogens is 1. The fraction of sp³-hybridized carbons (Fsp3) is 0.375. The minimum atomic E-state index is -1.22. The smallest absolute Gasteiger partial charge is 0.308 e. The van der Waals surface area contributed by atoms with Crippen LogP contribution in [-0.4, -0.2) is 41.0 Å². The first-order valence-corrected chi connectivity index (χ1v) is 7.01. The van der Waals surface area contributed by atoms with Crippen LogP contribution in [0.2, 0.25) is 0 Å². The zero-order valence-electron chi connectivity index (χ0n) is 12.5. The average Bonchev–Trinajstić information content (AvgIpc) is 2.53. The second-order valence-corrected chi connectivity index (χ2v) is 4.83. The molecule has 0 spiro atoms. The Morgan fingerprint density at radius 2 is 2.05 bits per heavy atom. The summed E-state index contributed by atoms with van der Waals surface area (Å²) < 4.78 is 9.81. The molecule has 1 aromatic heterocycles. The lowest BCUT2D eigenvalue weighted by Gasteiger charge is -2.17. The SMILES string of the molecule is CCOC(=O)CC(O)C(O)c1ccc2nc(OC)ccc2c1. The van der Waals surface area contributed by atoms with E-state index in [1.165, 1.54) is 7.11 Å². The van der Waals surface area contributed by atoms with Crippen molar-refractivity contribution in [1.82, 2.24) is 4.98 Å². The van der Waals surface area contributed by atoms with Crippen molar-refractivity contribution in [3.8, 4) is 5.88 Å². The number of hydrogen-bond donors (Lipinski definition) is 2. The largest absolute Gasteiger partial charge is 0.481 e. The Bertz CT molecular complexity index is 658. The molecule has 1 heterocycles. The molecule has 6 nitrogen and oxygen atoms in total. The Kier molecular flexibility index (Phi) is 5.30. The Balaban J connectivity index is 2.17. The Morgan fingerprint density at radius 3 is 2.73 bits per heavy atom. The molecule has 0 saturated heterocycles. The molecular weight excluding hydrogens is 286 g/mol. The van der Waals surface area contributed by atoms with Gasteiger partial charge >= 0.3 is 5.97 Å². The molecule has 0 aliphatic heterocycles. The van der Waals surface area contributed by atoms with Gasteiger partial charge in [0.25, 0.3) is 0 Å². The maximum atomic E-state index is 11.4. The van der Waals surface area contributed by atoms with Crippen molar-refractivity contribution in [2.45, 2.75) is 25.6 Å². The second kappa shape index (κ2) is 7.20. The zero-order chi connectivity index (χ0) is 16.1. The van der Waals surface area contributed by atoms with E-state index < -0.39 is 18.2 Å². The van der Waals surface area contributed by atoms with E-state index in [9.17, 15) is 15.0 Å². The summed E-state index contributed by atoms with van der Waals surface area (Å²) in [5, 5.41) is 20.9. The van der Waals surface area contributed by atoms with Gasteiger partial charge in [0.2, 0.25) is 5.88 Å². The molecule has 0 radical (unpaired) electrons. The molecule has 2 rings (SSSR count). The van der Waals surface area contributed by atoms with Gasteiger partial charge in [0.1, 0.15) is 6.10 Å². The highest BCUT2D eigenvalue weighted by Crippen LogP contribution is 2.24. The van der Waals surface area contributed by atoms with E-state index in [0.29, 0.717) is 11.4 Å². The highest BCUT2D eigenvalue weighted by atomic mass is 16.5. The van der Waals surface area contributed by atoms with Crippen LogP contribution in [0.3, 0.4) is 0 Å². The molecule has 22 heavy (non-hydrogen) atoms. The van der Waals surface area contributed by atoms with Gasteiger partial charge in [-0.25, -0.2) is 4.98 Å². The molecule has 2 atom stereocenters. The third-order valence-electron chi connectivity index (χ3n) is 3.28. The van der Waals surface area contributed by atoms with Crippen LogP contribution in [0.1, 0.15) is 25.0 Å². The topological polar surface area (TPSA) is 88.9 Å². The standard InChI is InChI=1S/C16H19NO5/c1-3-22-15(19)9-13(18)16(20)11-4-6-12-10(8-11)5-7-14(17-12)21-2/h4-8,13,16,18,20H,3,9H2,1-2H3. The highest BCUT2D eigenvalue weighted by Gasteiger charge is 2.22. The van der Waals surface area contributed by atoms with Crippen LogP contribution >= 0.6 is 0 Å². The number of pyridine rings is 1. The van der Waals surface area contributed by atoms with Crippen LogP contribution in [-0.2, 0) is 9.53 Å². The van der Waals surface area contributed by atoms with Crippen LogP contribution in [0.5, 0.6) is 5.88 Å². The number of aliphatic hydroxyl groups excluding tert-OH is 2. The van der Waals surface area contributed by atoms with Crippen molar-refractivity contribution >= 4 is 16.9 Å². The number of ether oxygens (including phenoxy) is 2. The number of fused-ring (bicyclic) bond motifs is 1. The van der Waals surface area contributed by atoms with E-state index in [4.69, 9.17) is 9.47 Å². The fourth-order valence-corrected chi connectivity index (χ4v) is 2.15. The van der Waals surface area contributed by atoms with E-state index >= 15 is 0 Å². The van der Waals surface area contributed by atoms with Gasteiger partial charge in [0.05, 0.1) is 31.8 Å². The van der Waals surface area contributed by atoms with Gasteiger partial charge in [0.15, 0.2) is 0 Å². The zero-order valence-corrected chi connectivity index (χ0v) is 12.5. The number of carbonyl (C=O) groups is 1. The molecule has 0 amide bonds. The molecule has 0 aliphatic carbocycles. The van der Waals surface area contributed by atoms with Crippen LogP contribution in [0, 0.1) is 0 Å². The van der Waals surface area contributed by atoms with Gasteiger partial charge in [-0.15, -0.1) is 0 Å². The quantitative estimate of drug-likeness (QED) is 0.788. The average molecular weight is 305 g/mol. The normalized spacial score (nSPS) is 13.6. The number of benzene rings is 1. The summed E-state index contributed by atoms with van der Waals surface area (Å²) in [6.07, 6.45) is -2.65. The third-order valence-corrected chi connectivity index (χ3v) is 3.28. The van der Waals surface area contributed by atoms with Crippen LogP contribution < -0.4 is 4.74 Å². The van der Waals surface area contributed by atoms with E-state index in [0.717, 1.165) is 10.9 Å². The maximum Gasteiger partial charge on any atom is 0.308 e. The first kappa shape index (κ1) is 16.2. The number of carbonyl (C=O) groups excluding carboxylic acids is 1. The van der Waals surface area contributed by atoms with E-state index in [1.54, 1.807) is 31.2 Å². The van der Waals surface area contributed by atoms with Crippen LogP contribution in [0.4, 0.5) is 0 Å². The number of nitrogens with zero attached hydrogens (tertiary/aromatic N) is 1. The second-order valence-electron chi connectivity index (χ2n) is 4.83. The van der Waals surface area contributed by atoms with Gasteiger partial charge in [-0.1, -0.05) is 6.07 Å². The highest BCUT2D eigenvalue weighted by molar-refractivity contribution is 5.80. The molecule has 0 bridgehead atoms. The molecule has 0 fully saturated rings. The van der Waals surface area contributed by atoms with Crippen molar-refractivity contribution in [1.29, 1.82) is 0 Å². The molecule has 0 aliphatic rings. The van der Waals surface area contributed by atoms with Crippen LogP contribution in [0.15, 0.2) is 30.3 Å². The van der Waals surface area contributed by atoms with Crippen molar-refractivity contribution in [2.75, 3.05) is 13.7 Å². The molecule has 0 saturated carbocycles. The lowest BCUT2D eigenvalue weighted by molar-refractivity contribution is -0.147. The number of esters is 1. The predicted molar refractivity (Wildman–Crippen MR) is 80.5 cm³/mol. The Morgan fingerprint density at radius 1 is 1.27 bits per heavy atom. The van der Waals surface area contributed by atoms with E-state index in [-0.39, 0.29) is 13.0 Å². The maximum absolute atomic E-state index is 11.4. The van der Waals surface area contributed by atoms with Gasteiger partial charge < -0.3 is 19.7 Å². The lowest BCUT2D eigenvalue weighted by atomic mass is 10.0. The van der Waals surface area contributed by atoms with E-state index in [2.05, 4.69) is 4.98 Å². The first-order chi connectivity index (χ1) is 10.5. The van der Waals surface area contributed by atoms with Crippen LogP contribution in [0.25, 0.3) is 10.9 Å². The number of aliphatic hydroxyl groups is 2. The van der Waals surface area contributed by atoms with Gasteiger partial charge in [-0.2, -0.15) is 0 Å². The minimum absolute atomic E-state index is 0.241. The minimum Gasteiger partial charge on any atom is -0.481 e. The van der Waals surface area contributed by atoms with E-state index in [1.807, 2.05) is 6.07 Å². The first-order valence-electron chi connectivity index (χ1n) is 7.01. The lowest BCUT2D eigenvalue weighted by Crippen LogP contribution is -2.23. The predicted octanol–water partition coefficient (Wildman–Crippen LogP) is 1.59. The van der Waals surface area contributed by atoms with Gasteiger partial charge in [-0.3, -0.25) is 4.79 Å². The molecule has 118 valence electrons. The van der Waals surface area contributed by atoms with Crippen molar-refractivity contribution in [3.05, 3.63) is 35.9 Å². The molecule has 2 unspecified atom stereocenters. The molecule has 1 aromatic carbocycles. The summed E-state index contributed by atoms with van der Waals surface area (Å²) in [7, 11) is 1.54. The number of hydrogen-bond acceptors (Lipinski definition) is 6. The number of methoxy groups -OCH3 is 1. The summed E-state index contributed by atoms with van der Waals surface area (Å²) in [4.78, 5) is 15.6. The summed E-state index contributed by atoms with van der Waals surface area (Å²) in [6, 6.07) is 8.64. The van der Waals surface area contributed by atoms with Gasteiger partial charge in [0, 0.05) is 11.5 Å². The van der Waals surface area contributed by atoms with Crippen molar-refractivity contribution in [3.63, 3.8) is 0 Å². The molecule has 2 N–H and O–H groups in total. The van der Waals surface area contributed by atoms with Crippen molar-refractivity contribution in [2.24, 2.45) is 0 Å².